The van der Waals surface area contributed by atoms with Gasteiger partial charge in [0.2, 0.25) is 0 Å². The zero-order valence-corrected chi connectivity index (χ0v) is 31.0. The molecule has 10 heteroatoms. The van der Waals surface area contributed by atoms with E-state index in [9.17, 15) is 18.3 Å². The number of aliphatic hydroxyl groups is 1. The van der Waals surface area contributed by atoms with E-state index in [0.29, 0.717) is 30.1 Å². The third kappa shape index (κ3) is 7.88. The number of unbranched alkanes of at least 4 members (excludes halogenated alkanes) is 2. The smallest absolute Gasteiger partial charge is 0.323 e. The van der Waals surface area contributed by atoms with E-state index < -0.39 is 27.3 Å². The summed E-state index contributed by atoms with van der Waals surface area (Å²) in [7, 11) is 0.155. The Bertz CT molecular complexity index is 1750. The Morgan fingerprint density at radius 2 is 1.56 bits per heavy atom. The van der Waals surface area contributed by atoms with Crippen LogP contribution >= 0.6 is 0 Å². The number of nitrogens with zero attached hydrogens (tertiary/aromatic N) is 3. The minimum atomic E-state index is -3.71. The number of fused-ring (bicyclic) bond motifs is 4. The molecule has 0 radical (unpaired) electrons. The Morgan fingerprint density at radius 1 is 0.900 bits per heavy atom. The minimum absolute atomic E-state index is 0.0809. The van der Waals surface area contributed by atoms with Gasteiger partial charge in [0.05, 0.1) is 16.8 Å². The van der Waals surface area contributed by atoms with Crippen molar-refractivity contribution in [2.24, 2.45) is 5.41 Å². The van der Waals surface area contributed by atoms with Crippen molar-refractivity contribution in [3.63, 3.8) is 0 Å². The number of rotatable bonds is 12. The second kappa shape index (κ2) is 15.4. The van der Waals surface area contributed by atoms with Crippen LogP contribution in [0.3, 0.4) is 0 Å². The highest BCUT2D eigenvalue weighted by atomic mass is 32.2. The fourth-order valence-corrected chi connectivity index (χ4v) is 10.7. The van der Waals surface area contributed by atoms with Gasteiger partial charge in [0.15, 0.2) is 9.84 Å². The number of anilines is 3. The van der Waals surface area contributed by atoms with Crippen molar-refractivity contribution in [2.75, 3.05) is 68.1 Å². The van der Waals surface area contributed by atoms with E-state index in [1.165, 1.54) is 5.56 Å². The van der Waals surface area contributed by atoms with Crippen LogP contribution in [-0.2, 0) is 16.3 Å². The summed E-state index contributed by atoms with van der Waals surface area (Å²) >= 11 is 0. The van der Waals surface area contributed by atoms with Gasteiger partial charge < -0.3 is 20.6 Å². The maximum absolute atomic E-state index is 14.2. The Balaban J connectivity index is 1.28. The summed E-state index contributed by atoms with van der Waals surface area (Å²) in [6.45, 7) is 9.86. The first-order chi connectivity index (χ1) is 24.0. The van der Waals surface area contributed by atoms with Gasteiger partial charge >= 0.3 is 6.03 Å². The maximum atomic E-state index is 14.2. The van der Waals surface area contributed by atoms with Crippen molar-refractivity contribution in [1.29, 1.82) is 0 Å². The molecular formula is C40H55N5O4S. The third-order valence-corrected chi connectivity index (χ3v) is 13.2. The molecule has 3 fully saturated rings. The van der Waals surface area contributed by atoms with Crippen LogP contribution in [0, 0.1) is 5.41 Å². The third-order valence-electron chi connectivity index (χ3n) is 11.2. The number of urea groups is 1. The van der Waals surface area contributed by atoms with Crippen LogP contribution in [0.4, 0.5) is 21.9 Å². The number of sulfone groups is 1. The first-order valence-corrected chi connectivity index (χ1v) is 20.1. The summed E-state index contributed by atoms with van der Waals surface area (Å²) in [6, 6.07) is 21.2. The van der Waals surface area contributed by atoms with E-state index in [1.54, 1.807) is 6.07 Å². The summed E-state index contributed by atoms with van der Waals surface area (Å²) in [5.74, 6) is -0.679. The van der Waals surface area contributed by atoms with Crippen LogP contribution in [0.2, 0.25) is 0 Å². The molecule has 4 heterocycles. The molecule has 0 saturated carbocycles. The summed E-state index contributed by atoms with van der Waals surface area (Å²) in [5.41, 5.74) is 3.96. The van der Waals surface area contributed by atoms with Crippen LogP contribution in [0.15, 0.2) is 71.6 Å². The lowest BCUT2D eigenvalue weighted by Crippen LogP contribution is -2.61. The highest BCUT2D eigenvalue weighted by Crippen LogP contribution is 2.50. The largest absolute Gasteiger partial charge is 0.392 e. The summed E-state index contributed by atoms with van der Waals surface area (Å²) in [4.78, 5) is 20.7. The zero-order valence-electron chi connectivity index (χ0n) is 30.2. The number of amides is 2. The zero-order chi connectivity index (χ0) is 35.5. The van der Waals surface area contributed by atoms with E-state index in [-0.39, 0.29) is 16.7 Å². The SMILES string of the molecule is CCCCC1(CCCC)CS(=O)(=O)c2ccc(N(C)C)cc2[C@@H](c2cccc(NC(=O)Nc3cccc(CC4CN5CCN4CC5)c3)c2)[C@H]1O. The fourth-order valence-electron chi connectivity index (χ4n) is 8.46. The molecule has 9 nitrogen and oxygen atoms in total. The highest BCUT2D eigenvalue weighted by Gasteiger charge is 2.49. The van der Waals surface area contributed by atoms with E-state index >= 15 is 0 Å². The number of nitrogens with one attached hydrogen (secondary N) is 2. The normalized spacial score (nSPS) is 24.9. The van der Waals surface area contributed by atoms with Crippen LogP contribution in [0.1, 0.15) is 75.0 Å². The Labute approximate surface area is 299 Å². The number of hydrogen-bond acceptors (Lipinski definition) is 7. The van der Waals surface area contributed by atoms with Crippen molar-refractivity contribution < 1.29 is 18.3 Å². The molecule has 2 bridgehead atoms. The number of carbonyl (C=O) groups excluding carboxylic acids is 1. The number of aliphatic hydroxyl groups excluding tert-OH is 1. The van der Waals surface area contributed by atoms with Gasteiger partial charge in [-0.1, -0.05) is 63.8 Å². The molecule has 3 N–H and O–H groups in total. The predicted molar refractivity (Wildman–Crippen MR) is 203 cm³/mol. The molecule has 270 valence electrons. The molecule has 2 amide bonds. The molecule has 4 aliphatic heterocycles. The number of benzene rings is 3. The highest BCUT2D eigenvalue weighted by molar-refractivity contribution is 7.91. The van der Waals surface area contributed by atoms with E-state index in [0.717, 1.165) is 81.8 Å². The van der Waals surface area contributed by atoms with Crippen LogP contribution in [-0.4, -0.2) is 94.1 Å². The van der Waals surface area contributed by atoms with Crippen LogP contribution < -0.4 is 15.5 Å². The molecule has 3 atom stereocenters. The molecule has 50 heavy (non-hydrogen) atoms. The summed E-state index contributed by atoms with van der Waals surface area (Å²) in [5, 5.41) is 18.6. The van der Waals surface area contributed by atoms with Gasteiger partial charge in [-0.05, 0) is 78.4 Å². The lowest BCUT2D eigenvalue weighted by atomic mass is 9.68. The first kappa shape index (κ1) is 36.4. The number of carbonyl (C=O) groups is 1. The molecule has 3 saturated heterocycles. The molecule has 3 aromatic rings. The molecule has 1 unspecified atom stereocenters. The molecule has 0 aliphatic carbocycles. The van der Waals surface area contributed by atoms with Crippen molar-refractivity contribution >= 4 is 32.9 Å². The topological polar surface area (TPSA) is 105 Å². The second-order valence-electron chi connectivity index (χ2n) is 15.0. The van der Waals surface area contributed by atoms with Crippen LogP contribution in [0.25, 0.3) is 0 Å². The van der Waals surface area contributed by atoms with E-state index in [4.69, 9.17) is 0 Å². The molecule has 4 aliphatic rings. The van der Waals surface area contributed by atoms with Gasteiger partial charge in [0.25, 0.3) is 0 Å². The van der Waals surface area contributed by atoms with Gasteiger partial charge in [-0.3, -0.25) is 9.80 Å². The van der Waals surface area contributed by atoms with Crippen LogP contribution in [0.5, 0.6) is 0 Å². The van der Waals surface area contributed by atoms with Gasteiger partial charge in [-0.2, -0.15) is 0 Å². The first-order valence-electron chi connectivity index (χ1n) is 18.5. The second-order valence-corrected chi connectivity index (χ2v) is 16.9. The monoisotopic (exact) mass is 701 g/mol. The average molecular weight is 702 g/mol. The van der Waals surface area contributed by atoms with Gasteiger partial charge in [-0.15, -0.1) is 0 Å². The van der Waals surface area contributed by atoms with Crippen molar-refractivity contribution in [3.8, 4) is 0 Å². The average Bonchev–Trinajstić information content (AvgIpc) is 3.17. The van der Waals surface area contributed by atoms with E-state index in [2.05, 4.69) is 46.4 Å². The maximum Gasteiger partial charge on any atom is 0.323 e. The Hall–Kier alpha value is -3.44. The summed E-state index contributed by atoms with van der Waals surface area (Å²) < 4.78 is 28.4. The minimum Gasteiger partial charge on any atom is -0.392 e. The van der Waals surface area contributed by atoms with Crippen molar-refractivity contribution in [1.82, 2.24) is 9.80 Å². The molecule has 7 rings (SSSR count). The number of hydrogen-bond donors (Lipinski definition) is 3. The van der Waals surface area contributed by atoms with Crippen molar-refractivity contribution in [3.05, 3.63) is 83.4 Å². The Kier molecular flexibility index (Phi) is 11.2. The Morgan fingerprint density at radius 3 is 2.18 bits per heavy atom. The molecule has 0 spiro atoms. The molecule has 3 aromatic carbocycles. The quantitative estimate of drug-likeness (QED) is 0.196. The lowest BCUT2D eigenvalue weighted by Gasteiger charge is -2.47. The van der Waals surface area contributed by atoms with Gasteiger partial charge in [0.1, 0.15) is 0 Å². The molecular weight excluding hydrogens is 647 g/mol. The summed E-state index contributed by atoms with van der Waals surface area (Å²) in [6.07, 6.45) is 4.77. The fraction of sp³-hybridized carbons (Fsp3) is 0.525. The predicted octanol–water partition coefficient (Wildman–Crippen LogP) is 6.59. The van der Waals surface area contributed by atoms with Gasteiger partial charge in [-0.25, -0.2) is 13.2 Å². The van der Waals surface area contributed by atoms with Crippen molar-refractivity contribution in [2.45, 2.75) is 81.8 Å². The van der Waals surface area contributed by atoms with E-state index in [1.807, 2.05) is 67.5 Å². The van der Waals surface area contributed by atoms with Gasteiger partial charge in [0, 0.05) is 81.3 Å². The standard InChI is InChI=1S/C40H55N5O4S/c1-5-7-17-40(18-8-6-2)28-50(48,49)36-16-15-33(43(3)4)26-35(36)37(38(40)46)30-12-10-14-32(25-30)42-39(47)41-31-13-9-11-29(23-31)24-34-27-44-19-21-45(34)22-20-44/h9-16,23,25-26,34,37-38,46H,5-8,17-22,24,27-28H2,1-4H3,(H2,41,42,47)/t34?,37-,38-/m1/s1. The lowest BCUT2D eigenvalue weighted by molar-refractivity contribution is 0.0127. The molecule has 0 aromatic heterocycles. The number of piperazine rings is 3.